The number of fused-ring (bicyclic) bond motifs is 1. The Morgan fingerprint density at radius 3 is 2.90 bits per heavy atom. The van der Waals surface area contributed by atoms with Gasteiger partial charge < -0.3 is 5.32 Å². The second kappa shape index (κ2) is 7.12. The van der Waals surface area contributed by atoms with Gasteiger partial charge in [0.05, 0.1) is 11.2 Å². The number of hydrogen-bond donors (Lipinski definition) is 1. The van der Waals surface area contributed by atoms with Gasteiger partial charge in [0.1, 0.15) is 0 Å². The van der Waals surface area contributed by atoms with Crippen LogP contribution in [0.5, 0.6) is 0 Å². The highest BCUT2D eigenvalue weighted by Crippen LogP contribution is 2.18. The van der Waals surface area contributed by atoms with Gasteiger partial charge in [-0.15, -0.1) is 12.3 Å². The first-order chi connectivity index (χ1) is 9.72. The van der Waals surface area contributed by atoms with Crippen LogP contribution in [-0.4, -0.2) is 16.3 Å². The van der Waals surface area contributed by atoms with Crippen LogP contribution in [-0.2, 0) is 13.1 Å². The first-order valence-electron chi connectivity index (χ1n) is 7.31. The first kappa shape index (κ1) is 14.6. The minimum atomic E-state index is 0.652. The fourth-order valence-corrected chi connectivity index (χ4v) is 2.31. The lowest BCUT2D eigenvalue weighted by Gasteiger charge is -2.05. The molecule has 1 aromatic heterocycles. The van der Waals surface area contributed by atoms with Crippen molar-refractivity contribution < 1.29 is 0 Å². The van der Waals surface area contributed by atoms with Gasteiger partial charge >= 0.3 is 0 Å². The number of aromatic nitrogens is 2. The number of rotatable bonds is 7. The molecule has 0 saturated heterocycles. The maximum Gasteiger partial charge on any atom is 0.0841 e. The molecule has 0 bridgehead atoms. The van der Waals surface area contributed by atoms with Gasteiger partial charge in [-0.05, 0) is 24.9 Å². The number of nitrogens with one attached hydrogen (secondary N) is 1. The SMILES string of the molecule is C#CCCCn1nc(CNCC(C)C)c2ccccc21. The number of aryl methyl sites for hydroxylation is 1. The molecule has 0 radical (unpaired) electrons. The molecule has 0 unspecified atom stereocenters. The molecule has 1 aromatic carbocycles. The van der Waals surface area contributed by atoms with Crippen LogP contribution >= 0.6 is 0 Å². The van der Waals surface area contributed by atoms with Crippen LogP contribution in [0.3, 0.4) is 0 Å². The number of unbranched alkanes of at least 4 members (excludes halogenated alkanes) is 1. The van der Waals surface area contributed by atoms with E-state index in [1.165, 1.54) is 10.9 Å². The van der Waals surface area contributed by atoms with Crippen molar-refractivity contribution in [2.45, 2.75) is 39.8 Å². The average molecular weight is 269 g/mol. The second-order valence-corrected chi connectivity index (χ2v) is 5.52. The fourth-order valence-electron chi connectivity index (χ4n) is 2.31. The summed E-state index contributed by atoms with van der Waals surface area (Å²) >= 11 is 0. The molecule has 2 aromatic rings. The van der Waals surface area contributed by atoms with E-state index in [1.54, 1.807) is 0 Å². The van der Waals surface area contributed by atoms with Crippen molar-refractivity contribution in [3.63, 3.8) is 0 Å². The number of nitrogens with zero attached hydrogens (tertiary/aromatic N) is 2. The zero-order chi connectivity index (χ0) is 14.4. The molecule has 106 valence electrons. The van der Waals surface area contributed by atoms with Crippen molar-refractivity contribution in [2.24, 2.45) is 5.92 Å². The third kappa shape index (κ3) is 3.61. The summed E-state index contributed by atoms with van der Waals surface area (Å²) in [5, 5.41) is 9.45. The predicted octanol–water partition coefficient (Wildman–Crippen LogP) is 3.20. The molecule has 1 heterocycles. The van der Waals surface area contributed by atoms with Gasteiger partial charge in [0.2, 0.25) is 0 Å². The van der Waals surface area contributed by atoms with Crippen molar-refractivity contribution in [1.82, 2.24) is 15.1 Å². The summed E-state index contributed by atoms with van der Waals surface area (Å²) in [4.78, 5) is 0. The van der Waals surface area contributed by atoms with E-state index in [0.717, 1.165) is 38.2 Å². The largest absolute Gasteiger partial charge is 0.311 e. The first-order valence-corrected chi connectivity index (χ1v) is 7.31. The molecule has 1 N–H and O–H groups in total. The molecule has 0 aliphatic carbocycles. The second-order valence-electron chi connectivity index (χ2n) is 5.52. The summed E-state index contributed by atoms with van der Waals surface area (Å²) < 4.78 is 2.08. The Balaban J connectivity index is 2.15. The lowest BCUT2D eigenvalue weighted by atomic mass is 10.2. The highest BCUT2D eigenvalue weighted by Gasteiger charge is 2.09. The Hall–Kier alpha value is -1.79. The third-order valence-electron chi connectivity index (χ3n) is 3.27. The van der Waals surface area contributed by atoms with Crippen LogP contribution < -0.4 is 5.32 Å². The molecule has 0 aliphatic rings. The molecular weight excluding hydrogens is 246 g/mol. The molecule has 0 spiro atoms. The topological polar surface area (TPSA) is 29.9 Å². The molecule has 0 aliphatic heterocycles. The summed E-state index contributed by atoms with van der Waals surface area (Å²) in [6, 6.07) is 8.41. The van der Waals surface area contributed by atoms with Gasteiger partial charge in [-0.3, -0.25) is 4.68 Å². The standard InChI is InChI=1S/C17H23N3/c1-4-5-8-11-20-17-10-7-6-9-15(17)16(19-20)13-18-12-14(2)3/h1,6-7,9-10,14,18H,5,8,11-13H2,2-3H3. The molecular formula is C17H23N3. The normalized spacial score (nSPS) is 11.1. The summed E-state index contributed by atoms with van der Waals surface area (Å²) in [6.45, 7) is 7.14. The van der Waals surface area contributed by atoms with E-state index in [9.17, 15) is 0 Å². The number of hydrogen-bond acceptors (Lipinski definition) is 2. The lowest BCUT2D eigenvalue weighted by Crippen LogP contribution is -2.19. The Bertz CT molecular complexity index is 590. The minimum absolute atomic E-state index is 0.652. The number of terminal acetylenes is 1. The highest BCUT2D eigenvalue weighted by atomic mass is 15.3. The number of para-hydroxylation sites is 1. The van der Waals surface area contributed by atoms with Gasteiger partial charge in [0.25, 0.3) is 0 Å². The average Bonchev–Trinajstić information content (AvgIpc) is 2.78. The van der Waals surface area contributed by atoms with E-state index in [0.29, 0.717) is 5.92 Å². The molecule has 0 atom stereocenters. The van der Waals surface area contributed by atoms with Crippen LogP contribution in [0.1, 0.15) is 32.4 Å². The third-order valence-corrected chi connectivity index (χ3v) is 3.27. The van der Waals surface area contributed by atoms with Gasteiger partial charge in [0, 0.05) is 24.9 Å². The van der Waals surface area contributed by atoms with E-state index in [-0.39, 0.29) is 0 Å². The zero-order valence-electron chi connectivity index (χ0n) is 12.4. The maximum absolute atomic E-state index is 5.31. The van der Waals surface area contributed by atoms with Crippen LogP contribution in [0.2, 0.25) is 0 Å². The quantitative estimate of drug-likeness (QED) is 0.618. The van der Waals surface area contributed by atoms with Crippen LogP contribution in [0, 0.1) is 18.3 Å². The van der Waals surface area contributed by atoms with E-state index in [2.05, 4.69) is 54.0 Å². The van der Waals surface area contributed by atoms with Crippen molar-refractivity contribution in [2.75, 3.05) is 6.54 Å². The molecule has 20 heavy (non-hydrogen) atoms. The summed E-state index contributed by atoms with van der Waals surface area (Å²) in [5.41, 5.74) is 2.33. The zero-order valence-corrected chi connectivity index (χ0v) is 12.4. The fraction of sp³-hybridized carbons (Fsp3) is 0.471. The van der Waals surface area contributed by atoms with Crippen molar-refractivity contribution in [3.8, 4) is 12.3 Å². The Morgan fingerprint density at radius 1 is 1.35 bits per heavy atom. The molecule has 0 fully saturated rings. The molecule has 3 nitrogen and oxygen atoms in total. The predicted molar refractivity (Wildman–Crippen MR) is 84.3 cm³/mol. The monoisotopic (exact) mass is 269 g/mol. The van der Waals surface area contributed by atoms with E-state index in [4.69, 9.17) is 11.5 Å². The molecule has 2 rings (SSSR count). The van der Waals surface area contributed by atoms with E-state index < -0.39 is 0 Å². The molecule has 0 saturated carbocycles. The Labute approximate surface area is 121 Å². The summed E-state index contributed by atoms with van der Waals surface area (Å²) in [7, 11) is 0. The maximum atomic E-state index is 5.31. The van der Waals surface area contributed by atoms with Gasteiger partial charge in [0.15, 0.2) is 0 Å². The van der Waals surface area contributed by atoms with Crippen LogP contribution in [0.4, 0.5) is 0 Å². The van der Waals surface area contributed by atoms with E-state index >= 15 is 0 Å². The Kier molecular flexibility index (Phi) is 5.20. The highest BCUT2D eigenvalue weighted by molar-refractivity contribution is 5.81. The lowest BCUT2D eigenvalue weighted by molar-refractivity contribution is 0.538. The van der Waals surface area contributed by atoms with Crippen LogP contribution in [0.25, 0.3) is 10.9 Å². The van der Waals surface area contributed by atoms with Gasteiger partial charge in [-0.2, -0.15) is 5.10 Å². The van der Waals surface area contributed by atoms with Crippen molar-refractivity contribution in [1.29, 1.82) is 0 Å². The van der Waals surface area contributed by atoms with E-state index in [1.807, 2.05) is 0 Å². The smallest absolute Gasteiger partial charge is 0.0841 e. The molecule has 0 amide bonds. The summed E-state index contributed by atoms with van der Waals surface area (Å²) in [5.74, 6) is 3.34. The molecule has 3 heteroatoms. The number of benzene rings is 1. The summed E-state index contributed by atoms with van der Waals surface area (Å²) in [6.07, 6.45) is 7.09. The van der Waals surface area contributed by atoms with Gasteiger partial charge in [-0.25, -0.2) is 0 Å². The van der Waals surface area contributed by atoms with Crippen molar-refractivity contribution >= 4 is 10.9 Å². The Morgan fingerprint density at radius 2 is 2.15 bits per heavy atom. The van der Waals surface area contributed by atoms with Crippen LogP contribution in [0.15, 0.2) is 24.3 Å². The van der Waals surface area contributed by atoms with Gasteiger partial charge in [-0.1, -0.05) is 32.0 Å². The van der Waals surface area contributed by atoms with Crippen molar-refractivity contribution in [3.05, 3.63) is 30.0 Å². The minimum Gasteiger partial charge on any atom is -0.311 e.